The highest BCUT2D eigenvalue weighted by Gasteiger charge is 2.44. The van der Waals surface area contributed by atoms with Gasteiger partial charge in [0.1, 0.15) is 19.0 Å². The van der Waals surface area contributed by atoms with Crippen molar-refractivity contribution in [2.24, 2.45) is 0 Å². The Kier molecular flexibility index (Phi) is 6.03. The highest BCUT2D eigenvalue weighted by Crippen LogP contribution is 2.45. The first-order valence-electron chi connectivity index (χ1n) is 10.2. The molecule has 0 bridgehead atoms. The summed E-state index contributed by atoms with van der Waals surface area (Å²) in [7, 11) is 1.62. The van der Waals surface area contributed by atoms with Crippen LogP contribution < -0.4 is 4.74 Å². The summed E-state index contributed by atoms with van der Waals surface area (Å²) >= 11 is 0. The van der Waals surface area contributed by atoms with Crippen molar-refractivity contribution in [1.29, 1.82) is 0 Å². The number of esters is 2. The van der Waals surface area contributed by atoms with Crippen molar-refractivity contribution in [3.05, 3.63) is 101 Å². The van der Waals surface area contributed by atoms with E-state index in [1.165, 1.54) is 0 Å². The Hall–Kier alpha value is -3.60. The van der Waals surface area contributed by atoms with Crippen LogP contribution in [0.15, 0.2) is 78.9 Å². The van der Waals surface area contributed by atoms with Crippen molar-refractivity contribution in [3.63, 3.8) is 0 Å². The predicted octanol–water partition coefficient (Wildman–Crippen LogP) is 4.59. The van der Waals surface area contributed by atoms with Gasteiger partial charge in [0.05, 0.1) is 23.7 Å². The van der Waals surface area contributed by atoms with Crippen LogP contribution in [-0.2, 0) is 21.3 Å². The second-order valence-corrected chi connectivity index (χ2v) is 7.66. The number of carbonyl (C=O) groups excluding carboxylic acids is 2. The third-order valence-electron chi connectivity index (χ3n) is 5.71. The van der Waals surface area contributed by atoms with Gasteiger partial charge in [0.15, 0.2) is 0 Å². The number of methoxy groups -OCH3 is 1. The molecular weight excluding hydrogens is 392 g/mol. The molecule has 0 unspecified atom stereocenters. The number of hydrogen-bond acceptors (Lipinski definition) is 5. The summed E-state index contributed by atoms with van der Waals surface area (Å²) in [6.45, 7) is 0.187. The van der Waals surface area contributed by atoms with Gasteiger partial charge in [-0.05, 0) is 48.7 Å². The summed E-state index contributed by atoms with van der Waals surface area (Å²) in [4.78, 5) is 25.2. The molecule has 0 saturated heterocycles. The second-order valence-electron chi connectivity index (χ2n) is 7.66. The smallest absolute Gasteiger partial charge is 0.338 e. The minimum atomic E-state index is -0.670. The topological polar surface area (TPSA) is 61.8 Å². The molecule has 3 aromatic rings. The average Bonchev–Trinajstić information content (AvgIpc) is 3.21. The van der Waals surface area contributed by atoms with E-state index in [9.17, 15) is 9.59 Å². The van der Waals surface area contributed by atoms with Gasteiger partial charge in [0.2, 0.25) is 0 Å². The molecule has 0 N–H and O–H groups in total. The number of fused-ring (bicyclic) bond motifs is 1. The molecule has 0 saturated carbocycles. The molecule has 5 heteroatoms. The first-order chi connectivity index (χ1) is 15.1. The highest BCUT2D eigenvalue weighted by atomic mass is 16.5. The summed E-state index contributed by atoms with van der Waals surface area (Å²) < 4.78 is 17.1. The van der Waals surface area contributed by atoms with E-state index in [1.807, 2.05) is 30.3 Å². The largest absolute Gasteiger partial charge is 0.496 e. The van der Waals surface area contributed by atoms with Crippen molar-refractivity contribution in [2.75, 3.05) is 20.3 Å². The van der Waals surface area contributed by atoms with Gasteiger partial charge in [0, 0.05) is 5.56 Å². The lowest BCUT2D eigenvalue weighted by Crippen LogP contribution is -2.37. The minimum absolute atomic E-state index is 0.0934. The summed E-state index contributed by atoms with van der Waals surface area (Å²) in [5, 5.41) is 0. The Balaban J connectivity index is 1.60. The van der Waals surface area contributed by atoms with E-state index in [2.05, 4.69) is 0 Å². The fraction of sp³-hybridized carbons (Fsp3) is 0.231. The third kappa shape index (κ3) is 4.31. The number of hydrogen-bond donors (Lipinski definition) is 0. The van der Waals surface area contributed by atoms with Crippen molar-refractivity contribution >= 4 is 11.9 Å². The van der Waals surface area contributed by atoms with Gasteiger partial charge in [-0.3, -0.25) is 0 Å². The molecular formula is C26H24O5. The van der Waals surface area contributed by atoms with Gasteiger partial charge in [-0.2, -0.15) is 0 Å². The minimum Gasteiger partial charge on any atom is -0.496 e. The second kappa shape index (κ2) is 9.04. The van der Waals surface area contributed by atoms with Gasteiger partial charge in [-0.15, -0.1) is 0 Å². The highest BCUT2D eigenvalue weighted by molar-refractivity contribution is 5.90. The fourth-order valence-electron chi connectivity index (χ4n) is 4.11. The third-order valence-corrected chi connectivity index (χ3v) is 5.71. The Morgan fingerprint density at radius 1 is 0.774 bits per heavy atom. The number of ether oxygens (including phenoxy) is 3. The van der Waals surface area contributed by atoms with Crippen LogP contribution in [0.25, 0.3) is 0 Å². The molecule has 31 heavy (non-hydrogen) atoms. The summed E-state index contributed by atoms with van der Waals surface area (Å²) in [5.41, 5.74) is 2.36. The summed E-state index contributed by atoms with van der Waals surface area (Å²) in [6, 6.07) is 23.6. The lowest BCUT2D eigenvalue weighted by Gasteiger charge is -2.30. The molecule has 5 nitrogen and oxygen atoms in total. The Bertz CT molecular complexity index is 1000. The monoisotopic (exact) mass is 416 g/mol. The molecule has 0 amide bonds. The number of carbonyl (C=O) groups is 2. The Morgan fingerprint density at radius 2 is 1.32 bits per heavy atom. The zero-order valence-corrected chi connectivity index (χ0v) is 17.4. The van der Waals surface area contributed by atoms with Crippen LogP contribution in [0.3, 0.4) is 0 Å². The number of aryl methyl sites for hydroxylation is 1. The Morgan fingerprint density at radius 3 is 1.84 bits per heavy atom. The summed E-state index contributed by atoms with van der Waals surface area (Å²) in [6.07, 6.45) is 1.48. The van der Waals surface area contributed by atoms with E-state index in [-0.39, 0.29) is 13.2 Å². The molecule has 4 rings (SSSR count). The fourth-order valence-corrected chi connectivity index (χ4v) is 4.11. The molecule has 0 heterocycles. The van der Waals surface area contributed by atoms with Crippen molar-refractivity contribution in [1.82, 2.24) is 0 Å². The maximum Gasteiger partial charge on any atom is 0.338 e. The maximum absolute atomic E-state index is 12.6. The lowest BCUT2D eigenvalue weighted by molar-refractivity contribution is 0.0170. The lowest BCUT2D eigenvalue weighted by atomic mass is 9.82. The van der Waals surface area contributed by atoms with Crippen LogP contribution >= 0.6 is 0 Å². The van der Waals surface area contributed by atoms with Gasteiger partial charge < -0.3 is 14.2 Å². The maximum atomic E-state index is 12.6. The van der Waals surface area contributed by atoms with E-state index in [1.54, 1.807) is 55.6 Å². The molecule has 1 aliphatic rings. The normalized spacial score (nSPS) is 13.8. The van der Waals surface area contributed by atoms with Crippen LogP contribution in [0.2, 0.25) is 0 Å². The first-order valence-corrected chi connectivity index (χ1v) is 10.2. The number of benzene rings is 3. The van der Waals surface area contributed by atoms with E-state index in [0.29, 0.717) is 23.3 Å². The van der Waals surface area contributed by atoms with Gasteiger partial charge in [-0.1, -0.05) is 48.5 Å². The Labute approximate surface area is 181 Å². The zero-order chi connectivity index (χ0) is 21.7. The summed E-state index contributed by atoms with van der Waals surface area (Å²) in [5.74, 6) is -0.100. The number of rotatable bonds is 7. The molecule has 0 aromatic heterocycles. The van der Waals surface area contributed by atoms with E-state index in [4.69, 9.17) is 14.2 Å². The average molecular weight is 416 g/mol. The predicted molar refractivity (Wildman–Crippen MR) is 116 cm³/mol. The molecule has 0 radical (unpaired) electrons. The van der Waals surface area contributed by atoms with Gasteiger partial charge in [0.25, 0.3) is 0 Å². The van der Waals surface area contributed by atoms with Crippen LogP contribution in [-0.4, -0.2) is 32.3 Å². The van der Waals surface area contributed by atoms with Gasteiger partial charge >= 0.3 is 11.9 Å². The van der Waals surface area contributed by atoms with E-state index < -0.39 is 17.4 Å². The molecule has 0 spiro atoms. The molecule has 3 aromatic carbocycles. The van der Waals surface area contributed by atoms with E-state index >= 15 is 0 Å². The SMILES string of the molecule is COc1cccc2c1C(COC(=O)c1ccccc1)(COC(=O)c1ccccc1)CC2. The molecule has 1 aliphatic carbocycles. The van der Waals surface area contributed by atoms with Crippen LogP contribution in [0, 0.1) is 0 Å². The molecule has 0 fully saturated rings. The quantitative estimate of drug-likeness (QED) is 0.527. The molecule has 0 aliphatic heterocycles. The standard InChI is InChI=1S/C26H24O5/c1-29-22-14-8-13-19-15-16-26(23(19)22,17-30-24(27)20-9-4-2-5-10-20)18-31-25(28)21-11-6-3-7-12-21/h2-14H,15-18H2,1H3. The molecule has 0 atom stereocenters. The van der Waals surface area contributed by atoms with Crippen molar-refractivity contribution in [3.8, 4) is 5.75 Å². The van der Waals surface area contributed by atoms with Crippen LogP contribution in [0.5, 0.6) is 5.75 Å². The zero-order valence-electron chi connectivity index (χ0n) is 17.4. The van der Waals surface area contributed by atoms with Gasteiger partial charge in [-0.25, -0.2) is 9.59 Å². The van der Waals surface area contributed by atoms with Crippen LogP contribution in [0.1, 0.15) is 38.3 Å². The first kappa shape index (κ1) is 20.7. The van der Waals surface area contributed by atoms with Crippen molar-refractivity contribution in [2.45, 2.75) is 18.3 Å². The van der Waals surface area contributed by atoms with E-state index in [0.717, 1.165) is 17.5 Å². The molecule has 158 valence electrons. The van der Waals surface area contributed by atoms with Crippen molar-refractivity contribution < 1.29 is 23.8 Å². The van der Waals surface area contributed by atoms with Crippen LogP contribution in [0.4, 0.5) is 0 Å².